The van der Waals surface area contributed by atoms with E-state index in [1.54, 1.807) is 30.4 Å². The van der Waals surface area contributed by atoms with Gasteiger partial charge in [-0.3, -0.25) is 4.90 Å². The third kappa shape index (κ3) is 4.72. The second-order valence-corrected chi connectivity index (χ2v) is 8.21. The smallest absolute Gasteiger partial charge is 0.243 e. The fourth-order valence-electron chi connectivity index (χ4n) is 3.42. The summed E-state index contributed by atoms with van der Waals surface area (Å²) >= 11 is 1.77. The lowest BCUT2D eigenvalue weighted by molar-refractivity contribution is 0.0162. The summed E-state index contributed by atoms with van der Waals surface area (Å²) in [7, 11) is 0. The van der Waals surface area contributed by atoms with E-state index in [9.17, 15) is 4.39 Å². The predicted molar refractivity (Wildman–Crippen MR) is 110 cm³/mol. The van der Waals surface area contributed by atoms with Crippen molar-refractivity contribution >= 4 is 11.3 Å². The van der Waals surface area contributed by atoms with Crippen LogP contribution in [0.1, 0.15) is 35.3 Å². The van der Waals surface area contributed by atoms with Crippen LogP contribution in [0.25, 0.3) is 11.4 Å². The molecular weight excluding hydrogens is 391 g/mol. The van der Waals surface area contributed by atoms with E-state index in [0.29, 0.717) is 22.8 Å². The number of nitrogens with one attached hydrogen (secondary N) is 1. The molecule has 29 heavy (non-hydrogen) atoms. The molecule has 0 aliphatic carbocycles. The SMILES string of the molecule is Cc1ccc(-c2noc(C(C)NCC(c3cccs3)N3CCOCC3)n2)cc1F. The van der Waals surface area contributed by atoms with Crippen LogP contribution in [0.2, 0.25) is 0 Å². The number of hydrogen-bond acceptors (Lipinski definition) is 7. The number of halogens is 1. The Morgan fingerprint density at radius 2 is 2.10 bits per heavy atom. The average molecular weight is 417 g/mol. The zero-order chi connectivity index (χ0) is 20.2. The fourth-order valence-corrected chi connectivity index (χ4v) is 4.28. The maximum atomic E-state index is 13.8. The van der Waals surface area contributed by atoms with Gasteiger partial charge in [0.1, 0.15) is 5.82 Å². The quantitative estimate of drug-likeness (QED) is 0.629. The molecule has 2 unspecified atom stereocenters. The van der Waals surface area contributed by atoms with Crippen LogP contribution in [0.4, 0.5) is 4.39 Å². The molecule has 1 saturated heterocycles. The van der Waals surface area contributed by atoms with Crippen molar-refractivity contribution in [2.24, 2.45) is 0 Å². The molecule has 1 fully saturated rings. The van der Waals surface area contributed by atoms with Gasteiger partial charge in [-0.1, -0.05) is 23.4 Å². The lowest BCUT2D eigenvalue weighted by Gasteiger charge is -2.34. The summed E-state index contributed by atoms with van der Waals surface area (Å²) in [6.45, 7) is 7.85. The number of benzene rings is 1. The molecule has 6 nitrogen and oxygen atoms in total. The predicted octanol–water partition coefficient (Wildman–Crippen LogP) is 3.97. The van der Waals surface area contributed by atoms with Gasteiger partial charge in [0.05, 0.1) is 25.3 Å². The van der Waals surface area contributed by atoms with Gasteiger partial charge in [0.2, 0.25) is 11.7 Å². The van der Waals surface area contributed by atoms with E-state index in [1.807, 2.05) is 6.92 Å². The van der Waals surface area contributed by atoms with Crippen molar-refractivity contribution < 1.29 is 13.7 Å². The topological polar surface area (TPSA) is 63.4 Å². The van der Waals surface area contributed by atoms with Crippen molar-refractivity contribution in [3.63, 3.8) is 0 Å². The highest BCUT2D eigenvalue weighted by Gasteiger charge is 2.25. The third-order valence-corrected chi connectivity index (χ3v) is 6.19. The van der Waals surface area contributed by atoms with Gasteiger partial charge in [-0.15, -0.1) is 11.3 Å². The normalized spacial score (nSPS) is 17.3. The zero-order valence-electron chi connectivity index (χ0n) is 16.6. The molecule has 4 rings (SSSR count). The van der Waals surface area contributed by atoms with Crippen LogP contribution in [0, 0.1) is 12.7 Å². The second-order valence-electron chi connectivity index (χ2n) is 7.23. The molecule has 0 bridgehead atoms. The number of ether oxygens (including phenoxy) is 1. The summed E-state index contributed by atoms with van der Waals surface area (Å²) in [6, 6.07) is 9.38. The second kappa shape index (κ2) is 9.13. The molecule has 3 heterocycles. The molecule has 2 atom stereocenters. The van der Waals surface area contributed by atoms with Crippen LogP contribution < -0.4 is 5.32 Å². The van der Waals surface area contributed by atoms with Gasteiger partial charge in [0, 0.05) is 30.1 Å². The Morgan fingerprint density at radius 1 is 1.28 bits per heavy atom. The van der Waals surface area contributed by atoms with E-state index in [2.05, 4.69) is 37.9 Å². The molecule has 0 spiro atoms. The molecule has 0 saturated carbocycles. The van der Waals surface area contributed by atoms with Crippen LogP contribution in [0.15, 0.2) is 40.2 Å². The number of hydrogen-bond donors (Lipinski definition) is 1. The molecule has 8 heteroatoms. The van der Waals surface area contributed by atoms with Gasteiger partial charge in [-0.05, 0) is 36.9 Å². The Hall–Kier alpha value is -2.13. The molecule has 1 N–H and O–H groups in total. The minimum Gasteiger partial charge on any atom is -0.379 e. The van der Waals surface area contributed by atoms with Gasteiger partial charge in [-0.2, -0.15) is 4.98 Å². The molecule has 0 radical (unpaired) electrons. The lowest BCUT2D eigenvalue weighted by atomic mass is 10.1. The van der Waals surface area contributed by atoms with Gasteiger partial charge in [0.15, 0.2) is 0 Å². The Labute approximate surface area is 173 Å². The Bertz CT molecular complexity index is 925. The number of rotatable bonds is 7. The largest absolute Gasteiger partial charge is 0.379 e. The van der Waals surface area contributed by atoms with Gasteiger partial charge < -0.3 is 14.6 Å². The van der Waals surface area contributed by atoms with Gasteiger partial charge in [0.25, 0.3) is 0 Å². The maximum absolute atomic E-state index is 13.8. The molecule has 1 aliphatic heterocycles. The summed E-state index contributed by atoms with van der Waals surface area (Å²) in [5.74, 6) is 0.618. The van der Waals surface area contributed by atoms with Crippen LogP contribution in [0.5, 0.6) is 0 Å². The summed E-state index contributed by atoms with van der Waals surface area (Å²) < 4.78 is 24.8. The van der Waals surface area contributed by atoms with Crippen LogP contribution in [-0.4, -0.2) is 47.9 Å². The average Bonchev–Trinajstić information content (AvgIpc) is 3.43. The Balaban J connectivity index is 1.43. The monoisotopic (exact) mass is 416 g/mol. The number of nitrogens with zero attached hydrogens (tertiary/aromatic N) is 3. The molecule has 0 amide bonds. The minimum atomic E-state index is -0.274. The molecule has 1 aliphatic rings. The Kier molecular flexibility index (Phi) is 6.34. The first-order chi connectivity index (χ1) is 14.1. The fraction of sp³-hybridized carbons (Fsp3) is 0.429. The summed E-state index contributed by atoms with van der Waals surface area (Å²) in [5.41, 5.74) is 1.20. The van der Waals surface area contributed by atoms with Crippen molar-refractivity contribution in [2.75, 3.05) is 32.8 Å². The highest BCUT2D eigenvalue weighted by Crippen LogP contribution is 2.27. The van der Waals surface area contributed by atoms with Crippen LogP contribution in [0.3, 0.4) is 0 Å². The first-order valence-electron chi connectivity index (χ1n) is 9.80. The number of morpholine rings is 1. The highest BCUT2D eigenvalue weighted by atomic mass is 32.1. The zero-order valence-corrected chi connectivity index (χ0v) is 17.4. The molecular formula is C21H25FN4O2S. The van der Waals surface area contributed by atoms with Crippen molar-refractivity contribution in [3.05, 3.63) is 57.9 Å². The van der Waals surface area contributed by atoms with E-state index in [0.717, 1.165) is 32.8 Å². The molecule has 2 aromatic heterocycles. The molecule has 3 aromatic rings. The standard InChI is InChI=1S/C21H25FN4O2S/c1-14-5-6-16(12-17(14)22)20-24-21(28-25-20)15(2)23-13-18(19-4-3-11-29-19)26-7-9-27-10-8-26/h3-6,11-12,15,18,23H,7-10,13H2,1-2H3. The summed E-state index contributed by atoms with van der Waals surface area (Å²) in [5, 5.41) is 9.66. The van der Waals surface area contributed by atoms with E-state index in [4.69, 9.17) is 9.26 Å². The minimum absolute atomic E-state index is 0.116. The van der Waals surface area contributed by atoms with Crippen molar-refractivity contribution in [1.29, 1.82) is 0 Å². The van der Waals surface area contributed by atoms with Crippen LogP contribution in [-0.2, 0) is 4.74 Å². The van der Waals surface area contributed by atoms with E-state index >= 15 is 0 Å². The first kappa shape index (κ1) is 20.2. The maximum Gasteiger partial charge on any atom is 0.243 e. The van der Waals surface area contributed by atoms with Gasteiger partial charge in [-0.25, -0.2) is 4.39 Å². The van der Waals surface area contributed by atoms with Crippen molar-refractivity contribution in [3.8, 4) is 11.4 Å². The highest BCUT2D eigenvalue weighted by molar-refractivity contribution is 7.10. The summed E-state index contributed by atoms with van der Waals surface area (Å²) in [4.78, 5) is 8.24. The third-order valence-electron chi connectivity index (χ3n) is 5.22. The lowest BCUT2D eigenvalue weighted by Crippen LogP contribution is -2.42. The van der Waals surface area contributed by atoms with E-state index in [-0.39, 0.29) is 17.9 Å². The molecule has 1 aromatic carbocycles. The van der Waals surface area contributed by atoms with Crippen molar-refractivity contribution in [2.45, 2.75) is 25.9 Å². The summed E-state index contributed by atoms with van der Waals surface area (Å²) in [6.07, 6.45) is 0. The number of aromatic nitrogens is 2. The van der Waals surface area contributed by atoms with E-state index in [1.165, 1.54) is 10.9 Å². The molecule has 154 valence electrons. The van der Waals surface area contributed by atoms with Gasteiger partial charge >= 0.3 is 0 Å². The first-order valence-corrected chi connectivity index (χ1v) is 10.7. The number of aryl methyl sites for hydroxylation is 1. The van der Waals surface area contributed by atoms with Crippen molar-refractivity contribution in [1.82, 2.24) is 20.4 Å². The van der Waals surface area contributed by atoms with Crippen LogP contribution >= 0.6 is 11.3 Å². The number of thiophene rings is 1. The van der Waals surface area contributed by atoms with E-state index < -0.39 is 0 Å². The Morgan fingerprint density at radius 3 is 2.83 bits per heavy atom.